The molecule has 4 heteroatoms. The fraction of sp³-hybridized carbons (Fsp3) is 0.250. The Morgan fingerprint density at radius 3 is 2.60 bits per heavy atom. The van der Waals surface area contributed by atoms with Crippen LogP contribution in [0.25, 0.3) is 0 Å². The van der Waals surface area contributed by atoms with Crippen LogP contribution in [0.5, 0.6) is 5.75 Å². The molecule has 0 aliphatic carbocycles. The second kappa shape index (κ2) is 6.25. The Kier molecular flexibility index (Phi) is 4.63. The van der Waals surface area contributed by atoms with E-state index in [0.29, 0.717) is 10.8 Å². The average Bonchev–Trinajstić information content (AvgIpc) is 2.37. The van der Waals surface area contributed by atoms with Gasteiger partial charge in [-0.1, -0.05) is 23.7 Å². The summed E-state index contributed by atoms with van der Waals surface area (Å²) in [5.41, 5.74) is 2.18. The summed E-state index contributed by atoms with van der Waals surface area (Å²) in [5, 5.41) is 10.00. The van der Waals surface area contributed by atoms with E-state index in [1.807, 2.05) is 25.1 Å². The number of ether oxygens (including phenoxy) is 1. The topological polar surface area (TPSA) is 29.5 Å². The monoisotopic (exact) mass is 294 g/mol. The van der Waals surface area contributed by atoms with Crippen molar-refractivity contribution in [1.82, 2.24) is 0 Å². The van der Waals surface area contributed by atoms with Crippen molar-refractivity contribution in [2.24, 2.45) is 0 Å². The van der Waals surface area contributed by atoms with E-state index >= 15 is 0 Å². The molecule has 0 heterocycles. The second-order valence-corrected chi connectivity index (χ2v) is 5.15. The quantitative estimate of drug-likeness (QED) is 0.904. The summed E-state index contributed by atoms with van der Waals surface area (Å²) < 4.78 is 19.2. The number of rotatable bonds is 4. The van der Waals surface area contributed by atoms with Crippen LogP contribution in [0.3, 0.4) is 0 Å². The maximum absolute atomic E-state index is 13.7. The van der Waals surface area contributed by atoms with Crippen LogP contribution in [-0.2, 0) is 6.61 Å². The van der Waals surface area contributed by atoms with E-state index in [2.05, 4.69) is 0 Å². The van der Waals surface area contributed by atoms with Gasteiger partial charge in [0.25, 0.3) is 0 Å². The van der Waals surface area contributed by atoms with Gasteiger partial charge in [-0.2, -0.15) is 0 Å². The summed E-state index contributed by atoms with van der Waals surface area (Å²) in [7, 11) is 0. The van der Waals surface area contributed by atoms with Crippen molar-refractivity contribution >= 4 is 11.6 Å². The first-order chi connectivity index (χ1) is 9.47. The van der Waals surface area contributed by atoms with Gasteiger partial charge >= 0.3 is 0 Å². The Bertz CT molecular complexity index is 611. The Morgan fingerprint density at radius 1 is 1.25 bits per heavy atom. The molecule has 0 aliphatic heterocycles. The zero-order valence-corrected chi connectivity index (χ0v) is 12.1. The van der Waals surface area contributed by atoms with E-state index in [4.69, 9.17) is 16.3 Å². The molecule has 2 rings (SSSR count). The molecule has 2 aromatic carbocycles. The van der Waals surface area contributed by atoms with Gasteiger partial charge in [0.2, 0.25) is 0 Å². The standard InChI is InChI=1S/C16H16ClFO2/c1-10-3-4-12(15(17)7-10)9-20-13-5-6-14(11(2)19)16(18)8-13/h3-8,11,19H,9H2,1-2H3/t11-/m0/s1. The predicted octanol–water partition coefficient (Wildman–Crippen LogP) is 4.42. The zero-order valence-electron chi connectivity index (χ0n) is 11.4. The molecule has 0 unspecified atom stereocenters. The van der Waals surface area contributed by atoms with Crippen molar-refractivity contribution < 1.29 is 14.2 Å². The molecular formula is C16H16ClFO2. The normalized spacial score (nSPS) is 12.2. The summed E-state index contributed by atoms with van der Waals surface area (Å²) >= 11 is 6.11. The summed E-state index contributed by atoms with van der Waals surface area (Å²) in [4.78, 5) is 0. The molecule has 0 saturated carbocycles. The largest absolute Gasteiger partial charge is 0.489 e. The maximum atomic E-state index is 13.7. The van der Waals surface area contributed by atoms with Crippen molar-refractivity contribution in [3.63, 3.8) is 0 Å². The third-order valence-electron chi connectivity index (χ3n) is 3.02. The van der Waals surface area contributed by atoms with Crippen LogP contribution in [0.15, 0.2) is 36.4 Å². The Hall–Kier alpha value is -1.58. The highest BCUT2D eigenvalue weighted by Crippen LogP contribution is 2.24. The fourth-order valence-corrected chi connectivity index (χ4v) is 2.16. The molecule has 20 heavy (non-hydrogen) atoms. The van der Waals surface area contributed by atoms with Crippen LogP contribution in [0.1, 0.15) is 29.7 Å². The third kappa shape index (κ3) is 3.50. The summed E-state index contributed by atoms with van der Waals surface area (Å²) in [5.74, 6) is -0.0731. The number of halogens is 2. The molecular weight excluding hydrogens is 279 g/mol. The van der Waals surface area contributed by atoms with Crippen LogP contribution in [0.2, 0.25) is 5.02 Å². The molecule has 1 atom stereocenters. The molecule has 2 nitrogen and oxygen atoms in total. The average molecular weight is 295 g/mol. The van der Waals surface area contributed by atoms with Crippen LogP contribution < -0.4 is 4.74 Å². The molecule has 2 aromatic rings. The van der Waals surface area contributed by atoms with E-state index < -0.39 is 11.9 Å². The Balaban J connectivity index is 2.09. The minimum atomic E-state index is -0.837. The van der Waals surface area contributed by atoms with Crippen molar-refractivity contribution in [3.05, 3.63) is 63.9 Å². The zero-order chi connectivity index (χ0) is 14.7. The van der Waals surface area contributed by atoms with Crippen LogP contribution >= 0.6 is 11.6 Å². The van der Waals surface area contributed by atoms with Gasteiger partial charge in [0.1, 0.15) is 18.2 Å². The first kappa shape index (κ1) is 14.8. The molecule has 0 fully saturated rings. The third-order valence-corrected chi connectivity index (χ3v) is 3.38. The fourth-order valence-electron chi connectivity index (χ4n) is 1.87. The Labute approximate surface area is 122 Å². The number of hydrogen-bond donors (Lipinski definition) is 1. The van der Waals surface area contributed by atoms with Gasteiger partial charge in [-0.3, -0.25) is 0 Å². The first-order valence-electron chi connectivity index (χ1n) is 6.32. The van der Waals surface area contributed by atoms with Gasteiger partial charge in [-0.15, -0.1) is 0 Å². The molecule has 0 amide bonds. The van der Waals surface area contributed by atoms with Crippen LogP contribution in [-0.4, -0.2) is 5.11 Å². The minimum absolute atomic E-state index is 0.255. The SMILES string of the molecule is Cc1ccc(COc2ccc([C@H](C)O)c(F)c2)c(Cl)c1. The molecule has 1 N–H and O–H groups in total. The Morgan fingerprint density at radius 2 is 2.00 bits per heavy atom. The summed E-state index contributed by atoms with van der Waals surface area (Å²) in [6, 6.07) is 10.1. The van der Waals surface area contributed by atoms with Gasteiger partial charge in [-0.25, -0.2) is 4.39 Å². The van der Waals surface area contributed by atoms with E-state index in [1.165, 1.54) is 19.1 Å². The van der Waals surface area contributed by atoms with Gasteiger partial charge in [0.15, 0.2) is 0 Å². The van der Waals surface area contributed by atoms with E-state index in [0.717, 1.165) is 11.1 Å². The number of aryl methyl sites for hydroxylation is 1. The number of aliphatic hydroxyl groups excluding tert-OH is 1. The number of aliphatic hydroxyl groups is 1. The van der Waals surface area contributed by atoms with Crippen molar-refractivity contribution in [2.75, 3.05) is 0 Å². The van der Waals surface area contributed by atoms with Crippen molar-refractivity contribution in [3.8, 4) is 5.75 Å². The van der Waals surface area contributed by atoms with Crippen LogP contribution in [0, 0.1) is 12.7 Å². The highest BCUT2D eigenvalue weighted by atomic mass is 35.5. The second-order valence-electron chi connectivity index (χ2n) is 4.74. The lowest BCUT2D eigenvalue weighted by Gasteiger charge is -2.11. The van der Waals surface area contributed by atoms with E-state index in [9.17, 15) is 9.50 Å². The molecule has 0 spiro atoms. The molecule has 106 valence electrons. The summed E-state index contributed by atoms with van der Waals surface area (Å²) in [6.07, 6.45) is -0.837. The van der Waals surface area contributed by atoms with Crippen molar-refractivity contribution in [1.29, 1.82) is 0 Å². The lowest BCUT2D eigenvalue weighted by atomic mass is 10.1. The molecule has 0 aliphatic rings. The molecule has 0 aromatic heterocycles. The van der Waals surface area contributed by atoms with Crippen molar-refractivity contribution in [2.45, 2.75) is 26.6 Å². The first-order valence-corrected chi connectivity index (χ1v) is 6.70. The maximum Gasteiger partial charge on any atom is 0.132 e. The minimum Gasteiger partial charge on any atom is -0.489 e. The van der Waals surface area contributed by atoms with Gasteiger partial charge < -0.3 is 9.84 Å². The lowest BCUT2D eigenvalue weighted by molar-refractivity contribution is 0.194. The van der Waals surface area contributed by atoms with E-state index in [1.54, 1.807) is 6.07 Å². The van der Waals surface area contributed by atoms with Crippen LogP contribution in [0.4, 0.5) is 4.39 Å². The van der Waals surface area contributed by atoms with Gasteiger partial charge in [0, 0.05) is 22.2 Å². The highest BCUT2D eigenvalue weighted by molar-refractivity contribution is 6.31. The highest BCUT2D eigenvalue weighted by Gasteiger charge is 2.09. The van der Waals surface area contributed by atoms with E-state index in [-0.39, 0.29) is 12.2 Å². The summed E-state index contributed by atoms with van der Waals surface area (Å²) in [6.45, 7) is 3.75. The number of hydrogen-bond acceptors (Lipinski definition) is 2. The van der Waals surface area contributed by atoms with Gasteiger partial charge in [0.05, 0.1) is 6.10 Å². The number of benzene rings is 2. The predicted molar refractivity (Wildman–Crippen MR) is 77.6 cm³/mol. The molecule has 0 radical (unpaired) electrons. The molecule has 0 saturated heterocycles. The lowest BCUT2D eigenvalue weighted by Crippen LogP contribution is -1.99. The smallest absolute Gasteiger partial charge is 0.132 e. The molecule has 0 bridgehead atoms. The van der Waals surface area contributed by atoms with Gasteiger partial charge in [-0.05, 0) is 37.6 Å².